The van der Waals surface area contributed by atoms with Crippen LogP contribution in [0.3, 0.4) is 0 Å². The van der Waals surface area contributed by atoms with E-state index in [0.717, 1.165) is 16.6 Å². The fraction of sp³-hybridized carbons (Fsp3) is 0.160. The Balaban J connectivity index is 1.41. The number of rotatable bonds is 7. The summed E-state index contributed by atoms with van der Waals surface area (Å²) in [7, 11) is 0. The summed E-state index contributed by atoms with van der Waals surface area (Å²) < 4.78 is 13.6. The molecular weight excluding hydrogens is 432 g/mol. The van der Waals surface area contributed by atoms with Crippen molar-refractivity contribution < 1.29 is 14.3 Å². The standard InChI is InChI=1S/C25H24N6O3/c1-2-33-21-14-16(12-13-20(21)34-15-22(32)27-17-8-4-3-5-9-17)23-29-24(26)30-25-28-18-10-6-7-11-19(18)31(23)25/h3-14,23H,2,15H2,1H3,(H,27,32)(H3,26,28,29,30). The first-order valence-electron chi connectivity index (χ1n) is 10.9. The fourth-order valence-corrected chi connectivity index (χ4v) is 3.87. The normalized spacial score (nSPS) is 14.6. The van der Waals surface area contributed by atoms with Crippen LogP contribution < -0.4 is 25.8 Å². The Kier molecular flexibility index (Phi) is 5.73. The molecule has 4 N–H and O–H groups in total. The SMILES string of the molecule is CCOc1cc(C2N=C(N)Nc3nc4ccccc4n32)ccc1OCC(=O)Nc1ccccc1. The summed E-state index contributed by atoms with van der Waals surface area (Å²) >= 11 is 0. The van der Waals surface area contributed by atoms with Crippen LogP contribution in [0.25, 0.3) is 11.0 Å². The number of amides is 1. The van der Waals surface area contributed by atoms with E-state index in [1.165, 1.54) is 0 Å². The van der Waals surface area contributed by atoms with Crippen molar-refractivity contribution in [3.8, 4) is 11.5 Å². The van der Waals surface area contributed by atoms with Gasteiger partial charge in [0.1, 0.15) is 0 Å². The van der Waals surface area contributed by atoms with Crippen LogP contribution >= 0.6 is 0 Å². The van der Waals surface area contributed by atoms with Crippen LogP contribution in [0, 0.1) is 0 Å². The second kappa shape index (κ2) is 9.14. The molecule has 0 bridgehead atoms. The number of aromatic nitrogens is 2. The second-order valence-electron chi connectivity index (χ2n) is 7.65. The van der Waals surface area contributed by atoms with Crippen LogP contribution in [0.15, 0.2) is 77.8 Å². The number of hydrogen-bond donors (Lipinski definition) is 3. The van der Waals surface area contributed by atoms with E-state index in [1.807, 2.05) is 78.2 Å². The van der Waals surface area contributed by atoms with Gasteiger partial charge in [-0.15, -0.1) is 0 Å². The summed E-state index contributed by atoms with van der Waals surface area (Å²) in [6.45, 7) is 2.18. The zero-order valence-corrected chi connectivity index (χ0v) is 18.6. The molecule has 0 saturated heterocycles. The molecule has 34 heavy (non-hydrogen) atoms. The molecule has 1 atom stereocenters. The van der Waals surface area contributed by atoms with Gasteiger partial charge in [0.05, 0.1) is 17.6 Å². The quantitative estimate of drug-likeness (QED) is 0.390. The highest BCUT2D eigenvalue weighted by molar-refractivity contribution is 5.95. The Morgan fingerprint density at radius 3 is 2.68 bits per heavy atom. The average Bonchev–Trinajstić information content (AvgIpc) is 3.21. The number of benzene rings is 3. The van der Waals surface area contributed by atoms with Gasteiger partial charge < -0.3 is 20.5 Å². The molecule has 1 unspecified atom stereocenters. The maximum atomic E-state index is 12.3. The zero-order chi connectivity index (χ0) is 23.5. The fourth-order valence-electron chi connectivity index (χ4n) is 3.87. The van der Waals surface area contributed by atoms with E-state index in [-0.39, 0.29) is 18.5 Å². The molecule has 0 aliphatic carbocycles. The Bertz CT molecular complexity index is 1370. The van der Waals surface area contributed by atoms with Gasteiger partial charge >= 0.3 is 0 Å². The summed E-state index contributed by atoms with van der Waals surface area (Å²) in [6, 6.07) is 22.6. The molecule has 0 fully saturated rings. The first kappa shape index (κ1) is 21.3. The summed E-state index contributed by atoms with van der Waals surface area (Å²) in [5.74, 6) is 1.63. The number of guanidine groups is 1. The summed E-state index contributed by atoms with van der Waals surface area (Å²) in [5, 5.41) is 5.84. The minimum Gasteiger partial charge on any atom is -0.490 e. The van der Waals surface area contributed by atoms with Crippen LogP contribution in [0.5, 0.6) is 11.5 Å². The van der Waals surface area contributed by atoms with Gasteiger partial charge in [-0.05, 0) is 43.3 Å². The van der Waals surface area contributed by atoms with Crippen LogP contribution in [-0.4, -0.2) is 34.6 Å². The molecule has 1 aliphatic heterocycles. The number of fused-ring (bicyclic) bond motifs is 3. The van der Waals surface area contributed by atoms with Gasteiger partial charge in [-0.1, -0.05) is 36.4 Å². The molecule has 4 aromatic rings. The molecule has 1 amide bonds. The number of nitrogens with two attached hydrogens (primary N) is 1. The number of hydrogen-bond acceptors (Lipinski definition) is 7. The molecule has 3 aromatic carbocycles. The van der Waals surface area contributed by atoms with E-state index in [1.54, 1.807) is 6.07 Å². The molecule has 1 aliphatic rings. The Morgan fingerprint density at radius 2 is 1.85 bits per heavy atom. The largest absolute Gasteiger partial charge is 0.490 e. The molecular formula is C25H24N6O3. The van der Waals surface area contributed by atoms with E-state index in [9.17, 15) is 4.79 Å². The zero-order valence-electron chi connectivity index (χ0n) is 18.6. The van der Waals surface area contributed by atoms with Crippen molar-refractivity contribution in [2.45, 2.75) is 13.1 Å². The third kappa shape index (κ3) is 4.23. The van der Waals surface area contributed by atoms with Crippen molar-refractivity contribution in [2.24, 2.45) is 10.7 Å². The Morgan fingerprint density at radius 1 is 1.06 bits per heavy atom. The molecule has 2 heterocycles. The number of imidazole rings is 1. The first-order chi connectivity index (χ1) is 16.6. The molecule has 0 radical (unpaired) electrons. The summed E-state index contributed by atoms with van der Waals surface area (Å²) in [6.07, 6.45) is -0.432. The predicted molar refractivity (Wildman–Crippen MR) is 131 cm³/mol. The maximum Gasteiger partial charge on any atom is 0.262 e. The highest BCUT2D eigenvalue weighted by Crippen LogP contribution is 2.36. The topological polar surface area (TPSA) is 116 Å². The van der Waals surface area contributed by atoms with Crippen LogP contribution in [0.2, 0.25) is 0 Å². The lowest BCUT2D eigenvalue weighted by Crippen LogP contribution is -2.31. The van der Waals surface area contributed by atoms with Crippen molar-refractivity contribution in [3.63, 3.8) is 0 Å². The monoisotopic (exact) mass is 456 g/mol. The van der Waals surface area contributed by atoms with Crippen LogP contribution in [0.1, 0.15) is 18.7 Å². The van der Waals surface area contributed by atoms with E-state index < -0.39 is 6.17 Å². The molecule has 0 spiro atoms. The number of carbonyl (C=O) groups is 1. The second-order valence-corrected chi connectivity index (χ2v) is 7.65. The van der Waals surface area contributed by atoms with E-state index in [2.05, 4.69) is 20.6 Å². The van der Waals surface area contributed by atoms with E-state index in [4.69, 9.17) is 15.2 Å². The highest BCUT2D eigenvalue weighted by atomic mass is 16.5. The molecule has 0 saturated carbocycles. The van der Waals surface area contributed by atoms with Gasteiger partial charge in [0.25, 0.3) is 5.91 Å². The van der Waals surface area contributed by atoms with Crippen molar-refractivity contribution in [2.75, 3.05) is 23.8 Å². The number of para-hydroxylation sites is 3. The van der Waals surface area contributed by atoms with Crippen molar-refractivity contribution >= 4 is 34.5 Å². The van der Waals surface area contributed by atoms with Crippen LogP contribution in [-0.2, 0) is 4.79 Å². The third-order valence-electron chi connectivity index (χ3n) is 5.32. The molecule has 5 rings (SSSR count). The van der Waals surface area contributed by atoms with Crippen molar-refractivity contribution in [1.82, 2.24) is 9.55 Å². The van der Waals surface area contributed by atoms with Crippen molar-refractivity contribution in [3.05, 3.63) is 78.4 Å². The summed E-state index contributed by atoms with van der Waals surface area (Å²) in [5.41, 5.74) is 9.38. The molecule has 172 valence electrons. The van der Waals surface area contributed by atoms with Gasteiger partial charge in [-0.25, -0.2) is 9.98 Å². The Labute approximate surface area is 196 Å². The first-order valence-corrected chi connectivity index (χ1v) is 10.9. The predicted octanol–water partition coefficient (Wildman–Crippen LogP) is 3.74. The van der Waals surface area contributed by atoms with Gasteiger partial charge in [-0.3, -0.25) is 14.7 Å². The number of aliphatic imine (C=N–C) groups is 1. The highest BCUT2D eigenvalue weighted by Gasteiger charge is 2.26. The van der Waals surface area contributed by atoms with E-state index in [0.29, 0.717) is 29.7 Å². The van der Waals surface area contributed by atoms with Gasteiger partial charge in [0, 0.05) is 11.3 Å². The average molecular weight is 457 g/mol. The third-order valence-corrected chi connectivity index (χ3v) is 5.32. The lowest BCUT2D eigenvalue weighted by atomic mass is 10.1. The maximum absolute atomic E-state index is 12.3. The molecule has 9 heteroatoms. The molecule has 9 nitrogen and oxygen atoms in total. The minimum atomic E-state index is -0.432. The van der Waals surface area contributed by atoms with Crippen molar-refractivity contribution in [1.29, 1.82) is 0 Å². The minimum absolute atomic E-state index is 0.150. The van der Waals surface area contributed by atoms with E-state index >= 15 is 0 Å². The Hall–Kier alpha value is -4.53. The van der Waals surface area contributed by atoms with Gasteiger partial charge in [0.15, 0.2) is 30.2 Å². The van der Waals surface area contributed by atoms with Gasteiger partial charge in [-0.2, -0.15) is 0 Å². The number of nitrogens with one attached hydrogen (secondary N) is 2. The number of carbonyl (C=O) groups excluding carboxylic acids is 1. The lowest BCUT2D eigenvalue weighted by molar-refractivity contribution is -0.118. The number of anilines is 2. The number of nitrogens with zero attached hydrogens (tertiary/aromatic N) is 3. The smallest absolute Gasteiger partial charge is 0.262 e. The number of ether oxygens (including phenoxy) is 2. The lowest BCUT2D eigenvalue weighted by Gasteiger charge is -2.24. The summed E-state index contributed by atoms with van der Waals surface area (Å²) in [4.78, 5) is 21.6. The van der Waals surface area contributed by atoms with Crippen LogP contribution in [0.4, 0.5) is 11.6 Å². The molecule has 1 aromatic heterocycles. The van der Waals surface area contributed by atoms with Gasteiger partial charge in [0.2, 0.25) is 5.95 Å².